The summed E-state index contributed by atoms with van der Waals surface area (Å²) >= 11 is 0.550. The molecule has 0 bridgehead atoms. The Bertz CT molecular complexity index is 513. The molecule has 0 saturated heterocycles. The summed E-state index contributed by atoms with van der Waals surface area (Å²) in [6.07, 6.45) is 0. The van der Waals surface area contributed by atoms with Gasteiger partial charge in [-0.2, -0.15) is 8.78 Å². The molecule has 2 rings (SSSR count). The van der Waals surface area contributed by atoms with Crippen molar-refractivity contribution >= 4 is 11.8 Å². The van der Waals surface area contributed by atoms with Gasteiger partial charge in [-0.15, -0.1) is 0 Å². The first-order valence-corrected chi connectivity index (χ1v) is 6.78. The highest BCUT2D eigenvalue weighted by atomic mass is 32.2. The molecule has 104 valence electrons. The van der Waals surface area contributed by atoms with Gasteiger partial charge in [0.1, 0.15) is 11.5 Å². The smallest absolute Gasteiger partial charge is 0.284 e. The molecule has 2 heterocycles. The Hall–Kier alpha value is -1.34. The topological polar surface area (TPSA) is 51.2 Å². The van der Waals surface area contributed by atoms with Gasteiger partial charge in [-0.05, 0) is 19.1 Å². The summed E-state index contributed by atoms with van der Waals surface area (Å²) in [5.41, 5.74) is 0.834. The van der Waals surface area contributed by atoms with E-state index in [4.69, 9.17) is 8.94 Å². The van der Waals surface area contributed by atoms with Crippen LogP contribution in [0.25, 0.3) is 0 Å². The number of aromatic nitrogens is 1. The molecule has 7 heteroatoms. The fraction of sp³-hybridized carbons (Fsp3) is 0.417. The first kappa shape index (κ1) is 14.1. The first-order valence-electron chi connectivity index (χ1n) is 5.74. The minimum atomic E-state index is -2.37. The molecule has 0 aromatic carbocycles. The zero-order valence-corrected chi connectivity index (χ0v) is 11.2. The number of hydrogen-bond acceptors (Lipinski definition) is 5. The number of nitrogens with zero attached hydrogens (tertiary/aromatic N) is 1. The summed E-state index contributed by atoms with van der Waals surface area (Å²) in [7, 11) is 0. The molecule has 0 aliphatic carbocycles. The monoisotopic (exact) mass is 288 g/mol. The van der Waals surface area contributed by atoms with Crippen molar-refractivity contribution in [2.75, 3.05) is 0 Å². The van der Waals surface area contributed by atoms with Crippen LogP contribution in [0.5, 0.6) is 0 Å². The maximum Gasteiger partial charge on any atom is 0.284 e. The fourth-order valence-electron chi connectivity index (χ4n) is 1.55. The quantitative estimate of drug-likeness (QED) is 0.847. The van der Waals surface area contributed by atoms with E-state index in [0.717, 1.165) is 11.5 Å². The zero-order chi connectivity index (χ0) is 13.7. The summed E-state index contributed by atoms with van der Waals surface area (Å²) in [6, 6.07) is 5.34. The second-order valence-electron chi connectivity index (χ2n) is 3.98. The van der Waals surface area contributed by atoms with Crippen LogP contribution < -0.4 is 5.32 Å². The molecule has 0 spiro atoms. The molecule has 0 aliphatic heterocycles. The van der Waals surface area contributed by atoms with Crippen LogP contribution in [-0.4, -0.2) is 10.9 Å². The molecule has 4 nitrogen and oxygen atoms in total. The Morgan fingerprint density at radius 3 is 2.68 bits per heavy atom. The van der Waals surface area contributed by atoms with E-state index in [0.29, 0.717) is 36.4 Å². The van der Waals surface area contributed by atoms with E-state index >= 15 is 0 Å². The normalized spacial score (nSPS) is 11.4. The van der Waals surface area contributed by atoms with Crippen LogP contribution in [0.1, 0.15) is 23.0 Å². The Kier molecular flexibility index (Phi) is 4.98. The maximum absolute atomic E-state index is 12.0. The van der Waals surface area contributed by atoms with Gasteiger partial charge in [-0.25, -0.2) is 0 Å². The lowest BCUT2D eigenvalue weighted by molar-refractivity contribution is 0.251. The number of alkyl halides is 2. The Labute approximate surface area is 113 Å². The molecule has 2 aromatic heterocycles. The van der Waals surface area contributed by atoms with Gasteiger partial charge in [0.15, 0.2) is 5.76 Å². The van der Waals surface area contributed by atoms with Crippen LogP contribution in [0.15, 0.2) is 27.1 Å². The standard InChI is InChI=1S/C12H14F2N2O2S/c1-8-4-11(18-16-8)6-15-5-9-2-3-10(17-9)7-19-12(13)14/h2-4,12,15H,5-7H2,1H3. The highest BCUT2D eigenvalue weighted by Gasteiger charge is 2.07. The third-order valence-electron chi connectivity index (χ3n) is 2.34. The molecule has 0 fully saturated rings. The minimum absolute atomic E-state index is 0.180. The van der Waals surface area contributed by atoms with Gasteiger partial charge in [-0.1, -0.05) is 16.9 Å². The number of aryl methyl sites for hydroxylation is 1. The van der Waals surface area contributed by atoms with Gasteiger partial charge >= 0.3 is 0 Å². The van der Waals surface area contributed by atoms with E-state index < -0.39 is 5.76 Å². The summed E-state index contributed by atoms with van der Waals surface area (Å²) in [5.74, 6) is -0.184. The van der Waals surface area contributed by atoms with Gasteiger partial charge in [0.25, 0.3) is 5.76 Å². The number of nitrogens with one attached hydrogen (secondary N) is 1. The molecule has 0 radical (unpaired) electrons. The highest BCUT2D eigenvalue weighted by Crippen LogP contribution is 2.21. The third kappa shape index (κ3) is 4.68. The van der Waals surface area contributed by atoms with Crippen molar-refractivity contribution < 1.29 is 17.7 Å². The molecule has 0 atom stereocenters. The Balaban J connectivity index is 1.74. The van der Waals surface area contributed by atoms with Gasteiger partial charge in [-0.3, -0.25) is 0 Å². The third-order valence-corrected chi connectivity index (χ3v) is 3.05. The molecule has 0 amide bonds. The van der Waals surface area contributed by atoms with Crippen LogP contribution >= 0.6 is 11.8 Å². The van der Waals surface area contributed by atoms with Crippen molar-refractivity contribution in [2.45, 2.75) is 31.5 Å². The minimum Gasteiger partial charge on any atom is -0.464 e. The van der Waals surface area contributed by atoms with Gasteiger partial charge in [0.2, 0.25) is 0 Å². The maximum atomic E-state index is 12.0. The number of furan rings is 1. The van der Waals surface area contributed by atoms with Crippen LogP contribution in [0, 0.1) is 6.92 Å². The van der Waals surface area contributed by atoms with E-state index in [1.807, 2.05) is 13.0 Å². The lowest BCUT2D eigenvalue weighted by Crippen LogP contribution is -2.11. The lowest BCUT2D eigenvalue weighted by Gasteiger charge is -1.99. The van der Waals surface area contributed by atoms with Crippen molar-refractivity contribution in [3.05, 3.63) is 41.2 Å². The largest absolute Gasteiger partial charge is 0.464 e. The number of rotatable bonds is 7. The van der Waals surface area contributed by atoms with Crippen molar-refractivity contribution in [1.29, 1.82) is 0 Å². The predicted octanol–water partition coefficient (Wildman–Crippen LogP) is 3.32. The molecule has 1 N–H and O–H groups in total. The van der Waals surface area contributed by atoms with E-state index in [-0.39, 0.29) is 5.75 Å². The van der Waals surface area contributed by atoms with Crippen LogP contribution in [0.3, 0.4) is 0 Å². The van der Waals surface area contributed by atoms with Crippen LogP contribution in [0.4, 0.5) is 8.78 Å². The van der Waals surface area contributed by atoms with Crippen molar-refractivity contribution in [3.8, 4) is 0 Å². The molecule has 2 aromatic rings. The lowest BCUT2D eigenvalue weighted by atomic mass is 10.3. The zero-order valence-electron chi connectivity index (χ0n) is 10.4. The van der Waals surface area contributed by atoms with E-state index in [9.17, 15) is 8.78 Å². The van der Waals surface area contributed by atoms with Crippen molar-refractivity contribution in [1.82, 2.24) is 10.5 Å². The van der Waals surface area contributed by atoms with Crippen LogP contribution in [-0.2, 0) is 18.8 Å². The summed E-state index contributed by atoms with van der Waals surface area (Å²) in [4.78, 5) is 0. The molecular weight excluding hydrogens is 274 g/mol. The fourth-order valence-corrected chi connectivity index (χ4v) is 1.99. The van der Waals surface area contributed by atoms with Crippen LogP contribution in [0.2, 0.25) is 0 Å². The first-order chi connectivity index (χ1) is 9.13. The number of hydrogen-bond donors (Lipinski definition) is 1. The SMILES string of the molecule is Cc1cc(CNCc2ccc(CSC(F)F)o2)on1. The summed E-state index contributed by atoms with van der Waals surface area (Å²) in [5, 5.41) is 6.90. The molecule has 0 unspecified atom stereocenters. The van der Waals surface area contributed by atoms with E-state index in [2.05, 4.69) is 10.5 Å². The highest BCUT2D eigenvalue weighted by molar-refractivity contribution is 7.98. The number of halogens is 2. The second kappa shape index (κ2) is 6.72. The molecule has 0 aliphatic rings. The molecule has 0 saturated carbocycles. The van der Waals surface area contributed by atoms with Gasteiger partial charge in [0.05, 0.1) is 24.5 Å². The van der Waals surface area contributed by atoms with Gasteiger partial charge in [0, 0.05) is 6.07 Å². The van der Waals surface area contributed by atoms with E-state index in [1.165, 1.54) is 0 Å². The number of thioether (sulfide) groups is 1. The van der Waals surface area contributed by atoms with Gasteiger partial charge < -0.3 is 14.3 Å². The predicted molar refractivity (Wildman–Crippen MR) is 67.8 cm³/mol. The Morgan fingerprint density at radius 2 is 2.00 bits per heavy atom. The average molecular weight is 288 g/mol. The average Bonchev–Trinajstić information content (AvgIpc) is 2.96. The second-order valence-corrected chi connectivity index (χ2v) is 4.96. The summed E-state index contributed by atoms with van der Waals surface area (Å²) in [6.45, 7) is 2.91. The van der Waals surface area contributed by atoms with Crippen molar-refractivity contribution in [3.63, 3.8) is 0 Å². The van der Waals surface area contributed by atoms with E-state index in [1.54, 1.807) is 12.1 Å². The molecule has 19 heavy (non-hydrogen) atoms. The van der Waals surface area contributed by atoms with Crippen molar-refractivity contribution in [2.24, 2.45) is 0 Å². The summed E-state index contributed by atoms with van der Waals surface area (Å²) < 4.78 is 34.5. The Morgan fingerprint density at radius 1 is 1.26 bits per heavy atom. The molecular formula is C12H14F2N2O2S.